The maximum Gasteiger partial charge on any atom is 0.293 e. The molecule has 1 aliphatic heterocycles. The van der Waals surface area contributed by atoms with Crippen molar-refractivity contribution in [2.75, 3.05) is 25.0 Å². The fraction of sp³-hybridized carbons (Fsp3) is 0.316. The number of nitro benzene ring substituents is 1. The van der Waals surface area contributed by atoms with Gasteiger partial charge in [-0.1, -0.05) is 23.7 Å². The molecule has 0 aromatic heterocycles. The van der Waals surface area contributed by atoms with Crippen LogP contribution in [0.1, 0.15) is 28.8 Å². The Labute approximate surface area is 157 Å². The van der Waals surface area contributed by atoms with Gasteiger partial charge in [0.15, 0.2) is 0 Å². The predicted octanol–water partition coefficient (Wildman–Crippen LogP) is 4.12. The SMILES string of the molecule is CN(Cc1cccc(Cl)c1)C(=O)c1ccc(N2CCCC2)c([N+](=O)[O-])c1. The average molecular weight is 374 g/mol. The van der Waals surface area contributed by atoms with Crippen LogP contribution in [-0.2, 0) is 6.54 Å². The smallest absolute Gasteiger partial charge is 0.293 e. The number of amides is 1. The molecule has 3 rings (SSSR count). The van der Waals surface area contributed by atoms with Crippen molar-refractivity contribution in [1.82, 2.24) is 4.90 Å². The Balaban J connectivity index is 1.82. The molecule has 26 heavy (non-hydrogen) atoms. The van der Waals surface area contributed by atoms with Crippen LogP contribution in [0.3, 0.4) is 0 Å². The molecule has 6 nitrogen and oxygen atoms in total. The number of benzene rings is 2. The van der Waals surface area contributed by atoms with E-state index >= 15 is 0 Å². The van der Waals surface area contributed by atoms with Gasteiger partial charge in [-0.2, -0.15) is 0 Å². The molecule has 136 valence electrons. The lowest BCUT2D eigenvalue weighted by Crippen LogP contribution is -2.26. The Bertz CT molecular complexity index is 835. The zero-order valence-electron chi connectivity index (χ0n) is 14.5. The molecular weight excluding hydrogens is 354 g/mol. The summed E-state index contributed by atoms with van der Waals surface area (Å²) in [6.45, 7) is 1.99. The highest BCUT2D eigenvalue weighted by Gasteiger charge is 2.24. The van der Waals surface area contributed by atoms with Crippen molar-refractivity contribution >= 4 is 28.9 Å². The van der Waals surface area contributed by atoms with Gasteiger partial charge in [0.1, 0.15) is 5.69 Å². The highest BCUT2D eigenvalue weighted by Crippen LogP contribution is 2.32. The van der Waals surface area contributed by atoms with Crippen molar-refractivity contribution in [3.05, 3.63) is 68.7 Å². The van der Waals surface area contributed by atoms with Gasteiger partial charge in [-0.25, -0.2) is 0 Å². The maximum absolute atomic E-state index is 12.7. The minimum atomic E-state index is -0.415. The number of nitrogens with zero attached hydrogens (tertiary/aromatic N) is 3. The van der Waals surface area contributed by atoms with E-state index in [4.69, 9.17) is 11.6 Å². The van der Waals surface area contributed by atoms with Gasteiger partial charge in [0, 0.05) is 43.3 Å². The van der Waals surface area contributed by atoms with Crippen molar-refractivity contribution in [2.45, 2.75) is 19.4 Å². The zero-order chi connectivity index (χ0) is 18.7. The Morgan fingerprint density at radius 3 is 2.62 bits per heavy atom. The average Bonchev–Trinajstić information content (AvgIpc) is 3.15. The quantitative estimate of drug-likeness (QED) is 0.584. The van der Waals surface area contributed by atoms with E-state index < -0.39 is 4.92 Å². The number of halogens is 1. The molecule has 2 aromatic carbocycles. The number of hydrogen-bond acceptors (Lipinski definition) is 4. The molecule has 0 bridgehead atoms. The minimum Gasteiger partial charge on any atom is -0.366 e. The van der Waals surface area contributed by atoms with Crippen molar-refractivity contribution in [3.8, 4) is 0 Å². The van der Waals surface area contributed by atoms with Crippen LogP contribution in [-0.4, -0.2) is 35.9 Å². The van der Waals surface area contributed by atoms with E-state index in [9.17, 15) is 14.9 Å². The van der Waals surface area contributed by atoms with E-state index in [-0.39, 0.29) is 11.6 Å². The molecule has 0 radical (unpaired) electrons. The van der Waals surface area contributed by atoms with Gasteiger partial charge in [0.05, 0.1) is 4.92 Å². The molecular formula is C19H20ClN3O3. The lowest BCUT2D eigenvalue weighted by atomic mass is 10.1. The molecule has 1 heterocycles. The second kappa shape index (κ2) is 7.74. The first kappa shape index (κ1) is 18.2. The van der Waals surface area contributed by atoms with E-state index in [1.165, 1.54) is 11.0 Å². The Morgan fingerprint density at radius 1 is 1.23 bits per heavy atom. The largest absolute Gasteiger partial charge is 0.366 e. The Hall–Kier alpha value is -2.60. The van der Waals surface area contributed by atoms with Gasteiger partial charge in [-0.15, -0.1) is 0 Å². The lowest BCUT2D eigenvalue weighted by Gasteiger charge is -2.20. The van der Waals surface area contributed by atoms with E-state index in [2.05, 4.69) is 0 Å². The van der Waals surface area contributed by atoms with E-state index in [0.717, 1.165) is 31.5 Å². The summed E-state index contributed by atoms with van der Waals surface area (Å²) >= 11 is 5.98. The van der Waals surface area contributed by atoms with Crippen LogP contribution in [0.4, 0.5) is 11.4 Å². The molecule has 1 amide bonds. The summed E-state index contributed by atoms with van der Waals surface area (Å²) in [6, 6.07) is 12.0. The summed E-state index contributed by atoms with van der Waals surface area (Å²) < 4.78 is 0. The number of carbonyl (C=O) groups excluding carboxylic acids is 1. The number of nitro groups is 1. The van der Waals surface area contributed by atoms with Crippen molar-refractivity contribution < 1.29 is 9.72 Å². The summed E-state index contributed by atoms with van der Waals surface area (Å²) in [5, 5.41) is 12.1. The van der Waals surface area contributed by atoms with Crippen molar-refractivity contribution in [1.29, 1.82) is 0 Å². The first-order chi connectivity index (χ1) is 12.5. The van der Waals surface area contributed by atoms with Crippen LogP contribution < -0.4 is 4.90 Å². The van der Waals surface area contributed by atoms with E-state index in [1.807, 2.05) is 17.0 Å². The fourth-order valence-electron chi connectivity index (χ4n) is 3.23. The molecule has 1 aliphatic rings. The zero-order valence-corrected chi connectivity index (χ0v) is 15.3. The highest BCUT2D eigenvalue weighted by atomic mass is 35.5. The van der Waals surface area contributed by atoms with Crippen molar-refractivity contribution in [2.24, 2.45) is 0 Å². The van der Waals surface area contributed by atoms with Gasteiger partial charge in [-0.05, 0) is 42.7 Å². The molecule has 7 heteroatoms. The van der Waals surface area contributed by atoms with Gasteiger partial charge in [0.2, 0.25) is 0 Å². The second-order valence-electron chi connectivity index (χ2n) is 6.45. The number of hydrogen-bond donors (Lipinski definition) is 0. The summed E-state index contributed by atoms with van der Waals surface area (Å²) in [5.41, 5.74) is 1.77. The summed E-state index contributed by atoms with van der Waals surface area (Å²) in [5.74, 6) is -0.263. The fourth-order valence-corrected chi connectivity index (χ4v) is 3.44. The second-order valence-corrected chi connectivity index (χ2v) is 6.88. The summed E-state index contributed by atoms with van der Waals surface area (Å²) in [6.07, 6.45) is 2.06. The van der Waals surface area contributed by atoms with Crippen LogP contribution in [0, 0.1) is 10.1 Å². The van der Waals surface area contributed by atoms with Crippen molar-refractivity contribution in [3.63, 3.8) is 0 Å². The molecule has 0 atom stereocenters. The van der Waals surface area contributed by atoms with Crippen LogP contribution in [0.25, 0.3) is 0 Å². The van der Waals surface area contributed by atoms with Gasteiger partial charge in [-0.3, -0.25) is 14.9 Å². The van der Waals surface area contributed by atoms with Crippen LogP contribution in [0.5, 0.6) is 0 Å². The lowest BCUT2D eigenvalue weighted by molar-refractivity contribution is -0.384. The van der Waals surface area contributed by atoms with Gasteiger partial charge in [0.25, 0.3) is 11.6 Å². The number of anilines is 1. The van der Waals surface area contributed by atoms with Crippen LogP contribution >= 0.6 is 11.6 Å². The van der Waals surface area contributed by atoms with E-state index in [1.54, 1.807) is 31.3 Å². The first-order valence-corrected chi connectivity index (χ1v) is 8.87. The maximum atomic E-state index is 12.7. The molecule has 0 aliphatic carbocycles. The highest BCUT2D eigenvalue weighted by molar-refractivity contribution is 6.30. The normalized spacial score (nSPS) is 13.7. The standard InChI is InChI=1S/C19H20ClN3O3/c1-21(13-14-5-4-6-16(20)11-14)19(24)15-7-8-17(18(12-15)23(25)26)22-9-2-3-10-22/h4-8,11-12H,2-3,9-10,13H2,1H3. The molecule has 2 aromatic rings. The van der Waals surface area contributed by atoms with E-state index in [0.29, 0.717) is 22.8 Å². The molecule has 0 saturated carbocycles. The Kier molecular flexibility index (Phi) is 5.42. The van der Waals surface area contributed by atoms with Crippen LogP contribution in [0.15, 0.2) is 42.5 Å². The molecule has 0 unspecified atom stereocenters. The third-order valence-corrected chi connectivity index (χ3v) is 4.76. The molecule has 1 saturated heterocycles. The summed E-state index contributed by atoms with van der Waals surface area (Å²) in [7, 11) is 1.67. The van der Waals surface area contributed by atoms with Crippen LogP contribution in [0.2, 0.25) is 5.02 Å². The molecule has 0 N–H and O–H groups in total. The summed E-state index contributed by atoms with van der Waals surface area (Å²) in [4.78, 5) is 27.3. The predicted molar refractivity (Wildman–Crippen MR) is 102 cm³/mol. The first-order valence-electron chi connectivity index (χ1n) is 8.49. The van der Waals surface area contributed by atoms with Gasteiger partial charge >= 0.3 is 0 Å². The number of carbonyl (C=O) groups is 1. The van der Waals surface area contributed by atoms with Gasteiger partial charge < -0.3 is 9.80 Å². The number of rotatable bonds is 5. The minimum absolute atomic E-state index is 0.0195. The monoisotopic (exact) mass is 373 g/mol. The third kappa shape index (κ3) is 3.96. The molecule has 1 fully saturated rings. The third-order valence-electron chi connectivity index (χ3n) is 4.52. The topological polar surface area (TPSA) is 66.7 Å². The Morgan fingerprint density at radius 2 is 1.96 bits per heavy atom. The molecule has 0 spiro atoms.